The van der Waals surface area contributed by atoms with Crippen LogP contribution in [0.25, 0.3) is 0 Å². The first kappa shape index (κ1) is 14.8. The molecule has 1 amide bonds. The lowest BCUT2D eigenvalue weighted by molar-refractivity contribution is -0.120. The van der Waals surface area contributed by atoms with E-state index in [2.05, 4.69) is 14.4 Å². The number of aromatic nitrogens is 1. The number of hydrogen-bond donors (Lipinski definition) is 1. The van der Waals surface area contributed by atoms with Gasteiger partial charge in [-0.2, -0.15) is 0 Å². The summed E-state index contributed by atoms with van der Waals surface area (Å²) in [5, 5.41) is 3.54. The second-order valence-electron chi connectivity index (χ2n) is 5.52. The fraction of sp³-hybridized carbons (Fsp3) is 0.333. The molecule has 1 aromatic carbocycles. The number of sulfonamides is 1. The van der Waals surface area contributed by atoms with Crippen molar-refractivity contribution >= 4 is 15.9 Å². The molecule has 116 valence electrons. The maximum Gasteiger partial charge on any atom is 0.240 e. The van der Waals surface area contributed by atoms with Crippen LogP contribution in [0.2, 0.25) is 0 Å². The average Bonchev–Trinajstić information content (AvgIpc) is 3.09. The Labute approximate surface area is 128 Å². The first-order chi connectivity index (χ1) is 10.5. The van der Waals surface area contributed by atoms with Gasteiger partial charge in [-0.1, -0.05) is 29.4 Å². The van der Waals surface area contributed by atoms with E-state index in [-0.39, 0.29) is 23.3 Å². The van der Waals surface area contributed by atoms with E-state index in [9.17, 15) is 13.2 Å². The SMILES string of the molecule is Cc1ccccc1[C@H]1C[C@@H]1C(=O)NS(=O)(=O)Cc1ccon1. The Bertz CT molecular complexity index is 784. The zero-order chi connectivity index (χ0) is 15.7. The summed E-state index contributed by atoms with van der Waals surface area (Å²) in [5.74, 6) is -0.995. The molecule has 0 saturated heterocycles. The minimum Gasteiger partial charge on any atom is -0.364 e. The van der Waals surface area contributed by atoms with Crippen LogP contribution in [0.1, 0.15) is 29.2 Å². The minimum atomic E-state index is -3.75. The molecule has 1 aromatic heterocycles. The quantitative estimate of drug-likeness (QED) is 0.906. The van der Waals surface area contributed by atoms with Gasteiger partial charge in [-0.3, -0.25) is 9.52 Å². The third-order valence-corrected chi connectivity index (χ3v) is 4.99. The Morgan fingerprint density at radius 2 is 2.14 bits per heavy atom. The molecule has 1 aliphatic carbocycles. The molecule has 1 N–H and O–H groups in total. The first-order valence-electron chi connectivity index (χ1n) is 6.95. The van der Waals surface area contributed by atoms with Crippen LogP contribution >= 0.6 is 0 Å². The van der Waals surface area contributed by atoms with E-state index in [1.54, 1.807) is 0 Å². The molecule has 0 radical (unpaired) electrons. The number of amides is 1. The van der Waals surface area contributed by atoms with Gasteiger partial charge in [0.25, 0.3) is 0 Å². The fourth-order valence-electron chi connectivity index (χ4n) is 2.60. The van der Waals surface area contributed by atoms with Crippen molar-refractivity contribution in [2.75, 3.05) is 0 Å². The van der Waals surface area contributed by atoms with Gasteiger partial charge in [0.1, 0.15) is 17.7 Å². The molecule has 1 fully saturated rings. The number of hydrogen-bond acceptors (Lipinski definition) is 5. The van der Waals surface area contributed by atoms with Gasteiger partial charge in [-0.15, -0.1) is 0 Å². The highest BCUT2D eigenvalue weighted by atomic mass is 32.2. The smallest absolute Gasteiger partial charge is 0.240 e. The Kier molecular flexibility index (Phi) is 3.74. The number of benzene rings is 1. The van der Waals surface area contributed by atoms with Crippen molar-refractivity contribution < 1.29 is 17.7 Å². The Morgan fingerprint density at radius 1 is 1.36 bits per heavy atom. The average molecular weight is 320 g/mol. The number of nitrogens with one attached hydrogen (secondary N) is 1. The topological polar surface area (TPSA) is 89.3 Å². The van der Waals surface area contributed by atoms with Crippen molar-refractivity contribution in [3.05, 3.63) is 53.4 Å². The van der Waals surface area contributed by atoms with Gasteiger partial charge in [0.2, 0.25) is 15.9 Å². The standard InChI is InChI=1S/C15H16N2O4S/c1-10-4-2-3-5-12(10)13-8-14(13)15(18)17-22(19,20)9-11-6-7-21-16-11/h2-7,13-14H,8-9H2,1H3,(H,17,18)/t13-,14+/m1/s1. The van der Waals surface area contributed by atoms with Crippen molar-refractivity contribution in [1.29, 1.82) is 0 Å². The molecule has 2 atom stereocenters. The molecule has 1 aliphatic rings. The molecule has 0 spiro atoms. The van der Waals surface area contributed by atoms with Crippen LogP contribution in [0.4, 0.5) is 0 Å². The summed E-state index contributed by atoms with van der Waals surface area (Å²) in [6.07, 6.45) is 1.97. The van der Waals surface area contributed by atoms with E-state index in [1.165, 1.54) is 12.3 Å². The van der Waals surface area contributed by atoms with Gasteiger partial charge in [0.05, 0.1) is 0 Å². The van der Waals surface area contributed by atoms with Gasteiger partial charge < -0.3 is 4.52 Å². The van der Waals surface area contributed by atoms with Gasteiger partial charge >= 0.3 is 0 Å². The van der Waals surface area contributed by atoms with Gasteiger partial charge in [-0.05, 0) is 30.4 Å². The van der Waals surface area contributed by atoms with E-state index in [4.69, 9.17) is 0 Å². The van der Waals surface area contributed by atoms with Crippen molar-refractivity contribution in [2.45, 2.75) is 25.0 Å². The summed E-state index contributed by atoms with van der Waals surface area (Å²) in [6.45, 7) is 1.99. The Balaban J connectivity index is 1.63. The molecule has 1 saturated carbocycles. The lowest BCUT2D eigenvalue weighted by Crippen LogP contribution is -2.33. The van der Waals surface area contributed by atoms with Crippen LogP contribution in [0.3, 0.4) is 0 Å². The van der Waals surface area contributed by atoms with Crippen LogP contribution in [0.15, 0.2) is 41.1 Å². The fourth-order valence-corrected chi connectivity index (χ4v) is 3.67. The van der Waals surface area contributed by atoms with Crippen molar-refractivity contribution in [2.24, 2.45) is 5.92 Å². The highest BCUT2D eigenvalue weighted by Crippen LogP contribution is 2.48. The van der Waals surface area contributed by atoms with Crippen molar-refractivity contribution in [1.82, 2.24) is 9.88 Å². The second kappa shape index (κ2) is 5.57. The van der Waals surface area contributed by atoms with Crippen LogP contribution in [0.5, 0.6) is 0 Å². The van der Waals surface area contributed by atoms with Crippen LogP contribution < -0.4 is 4.72 Å². The molecule has 22 heavy (non-hydrogen) atoms. The van der Waals surface area contributed by atoms with Crippen molar-refractivity contribution in [3.63, 3.8) is 0 Å². The number of nitrogens with zero attached hydrogens (tertiary/aromatic N) is 1. The zero-order valence-corrected chi connectivity index (χ0v) is 12.8. The normalized spacial score (nSPS) is 20.6. The summed E-state index contributed by atoms with van der Waals surface area (Å²) in [4.78, 5) is 12.1. The van der Waals surface area contributed by atoms with Crippen molar-refractivity contribution in [3.8, 4) is 0 Å². The van der Waals surface area contributed by atoms with E-state index in [1.807, 2.05) is 31.2 Å². The molecular formula is C15H16N2O4S. The predicted molar refractivity (Wildman–Crippen MR) is 79.3 cm³/mol. The van der Waals surface area contributed by atoms with E-state index in [0.29, 0.717) is 6.42 Å². The number of carbonyl (C=O) groups is 1. The minimum absolute atomic E-state index is 0.100. The maximum absolute atomic E-state index is 12.1. The summed E-state index contributed by atoms with van der Waals surface area (Å²) < 4.78 is 30.6. The molecule has 3 rings (SSSR count). The highest BCUT2D eigenvalue weighted by Gasteiger charge is 2.45. The molecule has 0 bridgehead atoms. The van der Waals surface area contributed by atoms with E-state index < -0.39 is 15.9 Å². The molecule has 6 nitrogen and oxygen atoms in total. The summed E-state index contributed by atoms with van der Waals surface area (Å²) in [5.41, 5.74) is 2.50. The summed E-state index contributed by atoms with van der Waals surface area (Å²) in [6, 6.07) is 9.30. The zero-order valence-electron chi connectivity index (χ0n) is 12.0. The highest BCUT2D eigenvalue weighted by molar-refractivity contribution is 7.89. The first-order valence-corrected chi connectivity index (χ1v) is 8.60. The third-order valence-electron chi connectivity index (χ3n) is 3.80. The lowest BCUT2D eigenvalue weighted by Gasteiger charge is -2.06. The number of rotatable bonds is 5. The lowest BCUT2D eigenvalue weighted by atomic mass is 10.0. The Morgan fingerprint density at radius 3 is 2.82 bits per heavy atom. The third kappa shape index (κ3) is 3.19. The summed E-state index contributed by atoms with van der Waals surface area (Å²) >= 11 is 0. The monoisotopic (exact) mass is 320 g/mol. The van der Waals surface area contributed by atoms with Gasteiger partial charge in [-0.25, -0.2) is 8.42 Å². The van der Waals surface area contributed by atoms with Gasteiger partial charge in [0, 0.05) is 12.0 Å². The molecule has 1 heterocycles. The second-order valence-corrected chi connectivity index (χ2v) is 7.24. The largest absolute Gasteiger partial charge is 0.364 e. The number of carbonyl (C=O) groups excluding carboxylic acids is 1. The molecule has 7 heteroatoms. The molecule has 0 unspecified atom stereocenters. The van der Waals surface area contributed by atoms with E-state index in [0.717, 1.165) is 11.1 Å². The van der Waals surface area contributed by atoms with Crippen LogP contribution in [-0.2, 0) is 20.6 Å². The van der Waals surface area contributed by atoms with Crippen LogP contribution in [0, 0.1) is 12.8 Å². The van der Waals surface area contributed by atoms with Crippen LogP contribution in [-0.4, -0.2) is 19.5 Å². The van der Waals surface area contributed by atoms with Gasteiger partial charge in [0.15, 0.2) is 0 Å². The molecular weight excluding hydrogens is 304 g/mol. The Hall–Kier alpha value is -2.15. The molecule has 2 aromatic rings. The molecule has 0 aliphatic heterocycles. The predicted octanol–water partition coefficient (Wildman–Crippen LogP) is 1.73. The maximum atomic E-state index is 12.1. The summed E-state index contributed by atoms with van der Waals surface area (Å²) in [7, 11) is -3.75. The number of aryl methyl sites for hydroxylation is 1. The van der Waals surface area contributed by atoms with E-state index >= 15 is 0 Å².